The van der Waals surface area contributed by atoms with Crippen LogP contribution in [-0.4, -0.2) is 13.1 Å². The molecule has 1 heterocycles. The molecular formula is C10H19N. The van der Waals surface area contributed by atoms with Crippen molar-refractivity contribution in [3.8, 4) is 0 Å². The number of hydrogen-bond acceptors (Lipinski definition) is 1. The van der Waals surface area contributed by atoms with Crippen molar-refractivity contribution in [3.05, 3.63) is 0 Å². The molecule has 1 saturated carbocycles. The van der Waals surface area contributed by atoms with Crippen LogP contribution >= 0.6 is 0 Å². The van der Waals surface area contributed by atoms with E-state index >= 15 is 0 Å². The first-order chi connectivity index (χ1) is 5.33. The molecule has 0 aromatic heterocycles. The minimum Gasteiger partial charge on any atom is -0.316 e. The van der Waals surface area contributed by atoms with E-state index < -0.39 is 0 Å². The molecule has 2 aliphatic rings. The van der Waals surface area contributed by atoms with Crippen LogP contribution in [0.2, 0.25) is 0 Å². The summed E-state index contributed by atoms with van der Waals surface area (Å²) < 4.78 is 0. The van der Waals surface area contributed by atoms with Crippen molar-refractivity contribution < 1.29 is 0 Å². The molecule has 1 heteroatoms. The topological polar surface area (TPSA) is 12.0 Å². The Labute approximate surface area is 69.6 Å². The predicted octanol–water partition coefficient (Wildman–Crippen LogP) is 2.18. The highest BCUT2D eigenvalue weighted by molar-refractivity contribution is 4.95. The third kappa shape index (κ3) is 1.20. The molecule has 1 spiro atoms. The van der Waals surface area contributed by atoms with Crippen molar-refractivity contribution in [1.29, 1.82) is 0 Å². The molecular weight excluding hydrogens is 134 g/mol. The summed E-state index contributed by atoms with van der Waals surface area (Å²) in [6.45, 7) is 4.99. The molecule has 0 aromatic carbocycles. The Kier molecular flexibility index (Phi) is 1.92. The van der Waals surface area contributed by atoms with Gasteiger partial charge in [-0.2, -0.15) is 0 Å². The fourth-order valence-electron chi connectivity index (χ4n) is 2.63. The van der Waals surface area contributed by atoms with Crippen molar-refractivity contribution in [1.82, 2.24) is 5.32 Å². The standard InChI is InChI=1S/C10H19N/c1-9-4-6-10(9)5-2-3-7-11-8-10/h9,11H,2-8H2,1H3. The van der Waals surface area contributed by atoms with Crippen molar-refractivity contribution in [2.75, 3.05) is 13.1 Å². The maximum absolute atomic E-state index is 3.57. The van der Waals surface area contributed by atoms with E-state index in [0.717, 1.165) is 11.3 Å². The molecule has 0 amide bonds. The van der Waals surface area contributed by atoms with Gasteiger partial charge in [0.2, 0.25) is 0 Å². The Morgan fingerprint density at radius 3 is 2.82 bits per heavy atom. The van der Waals surface area contributed by atoms with E-state index in [1.807, 2.05) is 0 Å². The SMILES string of the molecule is CC1CCC12CCCCNC2. The average molecular weight is 153 g/mol. The molecule has 0 bridgehead atoms. The zero-order chi connectivity index (χ0) is 7.73. The van der Waals surface area contributed by atoms with Gasteiger partial charge >= 0.3 is 0 Å². The van der Waals surface area contributed by atoms with Gasteiger partial charge in [0, 0.05) is 6.54 Å². The molecule has 2 rings (SSSR count). The van der Waals surface area contributed by atoms with Crippen LogP contribution in [0, 0.1) is 11.3 Å². The normalized spacial score (nSPS) is 45.0. The molecule has 0 radical (unpaired) electrons. The minimum absolute atomic E-state index is 0.733. The highest BCUT2D eigenvalue weighted by Crippen LogP contribution is 2.50. The summed E-state index contributed by atoms with van der Waals surface area (Å²) in [5.41, 5.74) is 0.733. The molecule has 11 heavy (non-hydrogen) atoms. The van der Waals surface area contributed by atoms with E-state index in [1.54, 1.807) is 0 Å². The molecule has 1 N–H and O–H groups in total. The Morgan fingerprint density at radius 2 is 2.18 bits per heavy atom. The fraction of sp³-hybridized carbons (Fsp3) is 1.00. The van der Waals surface area contributed by atoms with Crippen LogP contribution in [0.4, 0.5) is 0 Å². The summed E-state index contributed by atoms with van der Waals surface area (Å²) in [6, 6.07) is 0. The van der Waals surface area contributed by atoms with Crippen LogP contribution in [-0.2, 0) is 0 Å². The molecule has 1 saturated heterocycles. The molecule has 1 aliphatic heterocycles. The van der Waals surface area contributed by atoms with Gasteiger partial charge in [-0.15, -0.1) is 0 Å². The number of hydrogen-bond donors (Lipinski definition) is 1. The van der Waals surface area contributed by atoms with Crippen molar-refractivity contribution in [3.63, 3.8) is 0 Å². The van der Waals surface area contributed by atoms with Gasteiger partial charge in [0.1, 0.15) is 0 Å². The lowest BCUT2D eigenvalue weighted by Gasteiger charge is -2.48. The lowest BCUT2D eigenvalue weighted by atomic mass is 9.59. The van der Waals surface area contributed by atoms with Gasteiger partial charge in [0.05, 0.1) is 0 Å². The number of rotatable bonds is 0. The zero-order valence-corrected chi connectivity index (χ0v) is 7.53. The summed E-state index contributed by atoms with van der Waals surface area (Å²) in [7, 11) is 0. The quantitative estimate of drug-likeness (QED) is 0.562. The smallest absolute Gasteiger partial charge is 0.00104 e. The third-order valence-electron chi connectivity index (χ3n) is 3.88. The first kappa shape index (κ1) is 7.60. The molecule has 64 valence electrons. The molecule has 2 atom stereocenters. The van der Waals surface area contributed by atoms with Gasteiger partial charge < -0.3 is 5.32 Å². The van der Waals surface area contributed by atoms with Gasteiger partial charge in [-0.05, 0) is 43.6 Å². The van der Waals surface area contributed by atoms with Crippen LogP contribution in [0.1, 0.15) is 39.0 Å². The summed E-state index contributed by atoms with van der Waals surface area (Å²) in [5, 5.41) is 3.57. The summed E-state index contributed by atoms with van der Waals surface area (Å²) >= 11 is 0. The third-order valence-corrected chi connectivity index (χ3v) is 3.88. The Bertz CT molecular complexity index is 134. The van der Waals surface area contributed by atoms with E-state index in [0.29, 0.717) is 0 Å². The van der Waals surface area contributed by atoms with Crippen molar-refractivity contribution in [2.24, 2.45) is 11.3 Å². The van der Waals surface area contributed by atoms with E-state index in [2.05, 4.69) is 12.2 Å². The van der Waals surface area contributed by atoms with Gasteiger partial charge in [-0.3, -0.25) is 0 Å². The van der Waals surface area contributed by atoms with Crippen LogP contribution < -0.4 is 5.32 Å². The van der Waals surface area contributed by atoms with Crippen LogP contribution in [0.25, 0.3) is 0 Å². The highest BCUT2D eigenvalue weighted by Gasteiger charge is 2.43. The Hall–Kier alpha value is -0.0400. The van der Waals surface area contributed by atoms with E-state index in [9.17, 15) is 0 Å². The lowest BCUT2D eigenvalue weighted by molar-refractivity contribution is 0.0391. The van der Waals surface area contributed by atoms with E-state index in [-0.39, 0.29) is 0 Å². The summed E-state index contributed by atoms with van der Waals surface area (Å²) in [5.74, 6) is 0.994. The first-order valence-electron chi connectivity index (χ1n) is 5.04. The molecule has 2 fully saturated rings. The Morgan fingerprint density at radius 1 is 1.27 bits per heavy atom. The fourth-order valence-corrected chi connectivity index (χ4v) is 2.63. The van der Waals surface area contributed by atoms with Gasteiger partial charge in [-0.25, -0.2) is 0 Å². The largest absolute Gasteiger partial charge is 0.316 e. The van der Waals surface area contributed by atoms with Gasteiger partial charge in [0.25, 0.3) is 0 Å². The molecule has 2 unspecified atom stereocenters. The van der Waals surface area contributed by atoms with E-state index in [1.165, 1.54) is 45.2 Å². The number of nitrogens with one attached hydrogen (secondary N) is 1. The lowest BCUT2D eigenvalue weighted by Crippen LogP contribution is -2.45. The van der Waals surface area contributed by atoms with Crippen molar-refractivity contribution >= 4 is 0 Å². The second kappa shape index (κ2) is 2.78. The van der Waals surface area contributed by atoms with Gasteiger partial charge in [-0.1, -0.05) is 13.3 Å². The summed E-state index contributed by atoms with van der Waals surface area (Å²) in [4.78, 5) is 0. The monoisotopic (exact) mass is 153 g/mol. The maximum Gasteiger partial charge on any atom is 0.00104 e. The van der Waals surface area contributed by atoms with E-state index in [4.69, 9.17) is 0 Å². The maximum atomic E-state index is 3.57. The molecule has 1 aliphatic carbocycles. The average Bonchev–Trinajstić information content (AvgIpc) is 2.28. The molecule has 1 nitrogen and oxygen atoms in total. The second-order valence-electron chi connectivity index (χ2n) is 4.44. The minimum atomic E-state index is 0.733. The second-order valence-corrected chi connectivity index (χ2v) is 4.44. The predicted molar refractivity (Wildman–Crippen MR) is 47.6 cm³/mol. The summed E-state index contributed by atoms with van der Waals surface area (Å²) in [6.07, 6.45) is 7.30. The van der Waals surface area contributed by atoms with Crippen molar-refractivity contribution in [2.45, 2.75) is 39.0 Å². The van der Waals surface area contributed by atoms with Gasteiger partial charge in [0.15, 0.2) is 0 Å². The Balaban J connectivity index is 1.99. The van der Waals surface area contributed by atoms with Crippen LogP contribution in [0.3, 0.4) is 0 Å². The van der Waals surface area contributed by atoms with Crippen LogP contribution in [0.5, 0.6) is 0 Å². The first-order valence-corrected chi connectivity index (χ1v) is 5.04. The molecule has 0 aromatic rings. The highest BCUT2D eigenvalue weighted by atomic mass is 14.9. The van der Waals surface area contributed by atoms with Crippen LogP contribution in [0.15, 0.2) is 0 Å². The zero-order valence-electron chi connectivity index (χ0n) is 7.53.